The van der Waals surface area contributed by atoms with E-state index < -0.39 is 0 Å². The van der Waals surface area contributed by atoms with Gasteiger partial charge in [0.1, 0.15) is 17.5 Å². The third-order valence-electron chi connectivity index (χ3n) is 2.92. The van der Waals surface area contributed by atoms with Crippen molar-refractivity contribution in [2.24, 2.45) is 0 Å². The maximum absolute atomic E-state index is 12.1. The van der Waals surface area contributed by atoms with E-state index in [1.54, 1.807) is 25.3 Å². The molecule has 22 heavy (non-hydrogen) atoms. The molecule has 2 rings (SSSR count). The van der Waals surface area contributed by atoms with Gasteiger partial charge >= 0.3 is 0 Å². The Morgan fingerprint density at radius 1 is 1.27 bits per heavy atom. The molecule has 4 N–H and O–H groups in total. The van der Waals surface area contributed by atoms with Gasteiger partial charge < -0.3 is 16.4 Å². The Bertz CT molecular complexity index is 654. The molecule has 0 atom stereocenters. The van der Waals surface area contributed by atoms with Gasteiger partial charge in [-0.3, -0.25) is 4.79 Å². The number of anilines is 2. The fraction of sp³-hybridized carbons (Fsp3) is 0.333. The minimum Gasteiger partial charge on any atom is -0.383 e. The first-order chi connectivity index (χ1) is 10.5. The van der Waals surface area contributed by atoms with Crippen molar-refractivity contribution >= 4 is 17.5 Å². The molecule has 0 aromatic carbocycles. The molecule has 2 aromatic heterocycles. The van der Waals surface area contributed by atoms with E-state index in [1.807, 2.05) is 13.8 Å². The molecule has 0 aliphatic heterocycles. The van der Waals surface area contributed by atoms with E-state index in [0.717, 1.165) is 5.82 Å². The Kier molecular flexibility index (Phi) is 4.88. The molecule has 0 fully saturated rings. The van der Waals surface area contributed by atoms with Crippen molar-refractivity contribution in [2.75, 3.05) is 11.1 Å². The Morgan fingerprint density at radius 3 is 2.64 bits per heavy atom. The number of hydrogen-bond donors (Lipinski definition) is 3. The lowest BCUT2D eigenvalue weighted by Gasteiger charge is -2.10. The first-order valence-corrected chi connectivity index (χ1v) is 7.04. The fourth-order valence-corrected chi connectivity index (χ4v) is 1.84. The van der Waals surface area contributed by atoms with Crippen LogP contribution >= 0.6 is 0 Å². The normalized spacial score (nSPS) is 10.5. The van der Waals surface area contributed by atoms with E-state index in [0.29, 0.717) is 22.8 Å². The average Bonchev–Trinajstić information content (AvgIpc) is 2.46. The number of aryl methyl sites for hydroxylation is 1. The summed E-state index contributed by atoms with van der Waals surface area (Å²) in [5, 5.41) is 5.94. The van der Waals surface area contributed by atoms with Crippen LogP contribution in [0.25, 0.3) is 0 Å². The fourth-order valence-electron chi connectivity index (χ4n) is 1.84. The molecular formula is C15H20N6O. The number of carbonyl (C=O) groups is 1. The predicted octanol–water partition coefficient (Wildman–Crippen LogP) is 1.51. The highest BCUT2D eigenvalue weighted by molar-refractivity contribution is 5.94. The van der Waals surface area contributed by atoms with Crippen LogP contribution in [0.1, 0.15) is 35.6 Å². The van der Waals surface area contributed by atoms with Crippen LogP contribution in [0.15, 0.2) is 24.5 Å². The molecule has 2 aromatic rings. The number of amides is 1. The molecule has 2 heterocycles. The van der Waals surface area contributed by atoms with Crippen LogP contribution in [-0.2, 0) is 6.54 Å². The van der Waals surface area contributed by atoms with E-state index in [9.17, 15) is 4.79 Å². The summed E-state index contributed by atoms with van der Waals surface area (Å²) < 4.78 is 0. The van der Waals surface area contributed by atoms with Gasteiger partial charge in [0.25, 0.3) is 5.91 Å². The molecule has 0 unspecified atom stereocenters. The molecule has 0 aliphatic rings. The molecule has 0 saturated carbocycles. The number of hydrogen-bond acceptors (Lipinski definition) is 6. The molecule has 0 bridgehead atoms. The van der Waals surface area contributed by atoms with Crippen molar-refractivity contribution in [3.05, 3.63) is 41.5 Å². The molecule has 1 amide bonds. The SMILES string of the molecule is Cc1ncc(CNC(=O)c2ccc(NC(C)C)nc2)c(N)n1. The number of nitrogens with zero attached hydrogens (tertiary/aromatic N) is 3. The average molecular weight is 300 g/mol. The van der Waals surface area contributed by atoms with Crippen molar-refractivity contribution in [3.8, 4) is 0 Å². The van der Waals surface area contributed by atoms with Crippen LogP contribution in [0.3, 0.4) is 0 Å². The van der Waals surface area contributed by atoms with E-state index >= 15 is 0 Å². The number of carbonyl (C=O) groups excluding carboxylic acids is 1. The molecule has 7 nitrogen and oxygen atoms in total. The smallest absolute Gasteiger partial charge is 0.253 e. The van der Waals surface area contributed by atoms with Gasteiger partial charge in [-0.25, -0.2) is 15.0 Å². The van der Waals surface area contributed by atoms with Crippen molar-refractivity contribution in [2.45, 2.75) is 33.4 Å². The summed E-state index contributed by atoms with van der Waals surface area (Å²) in [6.07, 6.45) is 3.15. The molecule has 0 aliphatic carbocycles. The maximum Gasteiger partial charge on any atom is 0.253 e. The summed E-state index contributed by atoms with van der Waals surface area (Å²) in [4.78, 5) is 24.4. The number of nitrogens with one attached hydrogen (secondary N) is 2. The van der Waals surface area contributed by atoms with Gasteiger partial charge in [-0.1, -0.05) is 0 Å². The number of nitrogen functional groups attached to an aromatic ring is 1. The molecule has 0 saturated heterocycles. The van der Waals surface area contributed by atoms with Gasteiger partial charge in [0, 0.05) is 30.5 Å². The lowest BCUT2D eigenvalue weighted by atomic mass is 10.2. The summed E-state index contributed by atoms with van der Waals surface area (Å²) in [6, 6.07) is 3.79. The van der Waals surface area contributed by atoms with Crippen LogP contribution in [0.2, 0.25) is 0 Å². The number of rotatable bonds is 5. The van der Waals surface area contributed by atoms with E-state index in [1.165, 1.54) is 6.20 Å². The third kappa shape index (κ3) is 4.15. The lowest BCUT2D eigenvalue weighted by Crippen LogP contribution is -2.24. The van der Waals surface area contributed by atoms with Crippen molar-refractivity contribution in [1.29, 1.82) is 0 Å². The summed E-state index contributed by atoms with van der Waals surface area (Å²) >= 11 is 0. The summed E-state index contributed by atoms with van der Waals surface area (Å²) in [5.41, 5.74) is 6.96. The van der Waals surface area contributed by atoms with Gasteiger partial charge in [0.2, 0.25) is 0 Å². The van der Waals surface area contributed by atoms with Gasteiger partial charge in [-0.05, 0) is 32.9 Å². The quantitative estimate of drug-likeness (QED) is 0.773. The van der Waals surface area contributed by atoms with E-state index in [4.69, 9.17) is 5.73 Å². The highest BCUT2D eigenvalue weighted by atomic mass is 16.1. The third-order valence-corrected chi connectivity index (χ3v) is 2.92. The predicted molar refractivity (Wildman–Crippen MR) is 85.3 cm³/mol. The van der Waals surface area contributed by atoms with Crippen LogP contribution in [-0.4, -0.2) is 26.9 Å². The minimum atomic E-state index is -0.219. The lowest BCUT2D eigenvalue weighted by molar-refractivity contribution is 0.0950. The highest BCUT2D eigenvalue weighted by Crippen LogP contribution is 2.09. The summed E-state index contributed by atoms with van der Waals surface area (Å²) in [7, 11) is 0. The van der Waals surface area contributed by atoms with Crippen LogP contribution < -0.4 is 16.4 Å². The van der Waals surface area contributed by atoms with Gasteiger partial charge in [0.05, 0.1) is 5.56 Å². The zero-order chi connectivity index (χ0) is 16.1. The Balaban J connectivity index is 1.97. The molecule has 0 spiro atoms. The largest absolute Gasteiger partial charge is 0.383 e. The number of nitrogens with two attached hydrogens (primary N) is 1. The van der Waals surface area contributed by atoms with Gasteiger partial charge in [-0.2, -0.15) is 0 Å². The Labute approximate surface area is 129 Å². The van der Waals surface area contributed by atoms with Gasteiger partial charge in [-0.15, -0.1) is 0 Å². The maximum atomic E-state index is 12.1. The standard InChI is InChI=1S/C15H20N6O/c1-9(2)20-13-5-4-11(6-18-13)15(22)19-8-12-7-17-10(3)21-14(12)16/h4-7,9H,8H2,1-3H3,(H,18,20)(H,19,22)(H2,16,17,21). The molecular weight excluding hydrogens is 280 g/mol. The van der Waals surface area contributed by atoms with Crippen LogP contribution in [0.4, 0.5) is 11.6 Å². The molecule has 7 heteroatoms. The first-order valence-electron chi connectivity index (χ1n) is 7.04. The van der Waals surface area contributed by atoms with Gasteiger partial charge in [0.15, 0.2) is 0 Å². The van der Waals surface area contributed by atoms with Crippen molar-refractivity contribution < 1.29 is 4.79 Å². The number of aromatic nitrogens is 3. The Morgan fingerprint density at radius 2 is 2.05 bits per heavy atom. The monoisotopic (exact) mass is 300 g/mol. The second-order valence-electron chi connectivity index (χ2n) is 5.24. The second kappa shape index (κ2) is 6.84. The molecule has 0 radical (unpaired) electrons. The first kappa shape index (κ1) is 15.7. The zero-order valence-electron chi connectivity index (χ0n) is 12.9. The van der Waals surface area contributed by atoms with E-state index in [-0.39, 0.29) is 18.5 Å². The zero-order valence-corrected chi connectivity index (χ0v) is 12.9. The Hall–Kier alpha value is -2.70. The van der Waals surface area contributed by atoms with Crippen molar-refractivity contribution in [3.63, 3.8) is 0 Å². The second-order valence-corrected chi connectivity index (χ2v) is 5.24. The van der Waals surface area contributed by atoms with Crippen LogP contribution in [0.5, 0.6) is 0 Å². The molecule has 116 valence electrons. The summed E-state index contributed by atoms with van der Waals surface area (Å²) in [5.74, 6) is 1.50. The van der Waals surface area contributed by atoms with Crippen LogP contribution in [0, 0.1) is 6.92 Å². The van der Waals surface area contributed by atoms with Crippen molar-refractivity contribution in [1.82, 2.24) is 20.3 Å². The number of pyridine rings is 1. The summed E-state index contributed by atoms with van der Waals surface area (Å²) in [6.45, 7) is 6.08. The highest BCUT2D eigenvalue weighted by Gasteiger charge is 2.08. The topological polar surface area (TPSA) is 106 Å². The minimum absolute atomic E-state index is 0.219. The van der Waals surface area contributed by atoms with E-state index in [2.05, 4.69) is 25.6 Å².